The van der Waals surface area contributed by atoms with Crippen molar-refractivity contribution in [2.24, 2.45) is 0 Å². The number of halogens is 4. The highest BCUT2D eigenvalue weighted by Crippen LogP contribution is 2.31. The monoisotopic (exact) mass is 367 g/mol. The molecule has 1 aromatic heterocycles. The number of benzene rings is 2. The van der Waals surface area contributed by atoms with E-state index in [9.17, 15) is 18.0 Å². The van der Waals surface area contributed by atoms with E-state index in [0.717, 1.165) is 10.1 Å². The lowest BCUT2D eigenvalue weighted by atomic mass is 10.2. The van der Waals surface area contributed by atoms with Crippen molar-refractivity contribution < 1.29 is 18.0 Å². The maximum absolute atomic E-state index is 13.2. The highest BCUT2D eigenvalue weighted by molar-refractivity contribution is 6.30. The van der Waals surface area contributed by atoms with E-state index in [1.165, 1.54) is 12.1 Å². The van der Waals surface area contributed by atoms with Gasteiger partial charge in [-0.25, -0.2) is 4.98 Å². The van der Waals surface area contributed by atoms with E-state index in [0.29, 0.717) is 5.02 Å². The van der Waals surface area contributed by atoms with Crippen LogP contribution in [-0.4, -0.2) is 15.5 Å². The summed E-state index contributed by atoms with van der Waals surface area (Å²) in [6.07, 6.45) is -4.65. The average molecular weight is 368 g/mol. The summed E-state index contributed by atoms with van der Waals surface area (Å²) in [6.45, 7) is -0.302. The maximum atomic E-state index is 13.2. The smallest absolute Gasteiger partial charge is 0.350 e. The summed E-state index contributed by atoms with van der Waals surface area (Å²) < 4.78 is 40.5. The van der Waals surface area contributed by atoms with Gasteiger partial charge in [-0.15, -0.1) is 0 Å². The fourth-order valence-corrected chi connectivity index (χ4v) is 2.71. The summed E-state index contributed by atoms with van der Waals surface area (Å²) >= 11 is 5.86. The molecule has 0 fully saturated rings. The Morgan fingerprint density at radius 3 is 2.64 bits per heavy atom. The van der Waals surface area contributed by atoms with Crippen LogP contribution in [0.4, 0.5) is 13.2 Å². The molecule has 0 atom stereocenters. The van der Waals surface area contributed by atoms with Crippen LogP contribution in [0.15, 0.2) is 48.5 Å². The fraction of sp³-hybridized carbons (Fsp3) is 0.176. The van der Waals surface area contributed by atoms with E-state index in [1.807, 2.05) is 0 Å². The normalized spacial score (nSPS) is 11.7. The molecule has 0 aliphatic carbocycles. The second kappa shape index (κ2) is 6.76. The number of carbonyl (C=O) groups is 1. The van der Waals surface area contributed by atoms with Gasteiger partial charge in [0, 0.05) is 11.6 Å². The van der Waals surface area contributed by atoms with Gasteiger partial charge < -0.3 is 9.88 Å². The highest BCUT2D eigenvalue weighted by Gasteiger charge is 2.37. The molecule has 0 spiro atoms. The topological polar surface area (TPSA) is 46.9 Å². The Balaban J connectivity index is 1.81. The summed E-state index contributed by atoms with van der Waals surface area (Å²) in [6, 6.07) is 13.0. The van der Waals surface area contributed by atoms with E-state index < -0.39 is 24.5 Å². The van der Waals surface area contributed by atoms with Crippen LogP contribution in [0.1, 0.15) is 11.4 Å². The van der Waals surface area contributed by atoms with Crippen molar-refractivity contribution >= 4 is 28.5 Å². The first kappa shape index (κ1) is 17.3. The average Bonchev–Trinajstić information content (AvgIpc) is 2.92. The van der Waals surface area contributed by atoms with Crippen LogP contribution in [0.3, 0.4) is 0 Å². The summed E-state index contributed by atoms with van der Waals surface area (Å²) in [4.78, 5) is 15.7. The van der Waals surface area contributed by atoms with E-state index in [4.69, 9.17) is 11.6 Å². The molecule has 2 aromatic carbocycles. The highest BCUT2D eigenvalue weighted by atomic mass is 35.5. The maximum Gasteiger partial charge on any atom is 0.449 e. The van der Waals surface area contributed by atoms with Crippen molar-refractivity contribution in [1.82, 2.24) is 14.9 Å². The van der Waals surface area contributed by atoms with Crippen molar-refractivity contribution in [1.29, 1.82) is 0 Å². The lowest BCUT2D eigenvalue weighted by Gasteiger charge is -2.12. The van der Waals surface area contributed by atoms with Crippen LogP contribution in [0.25, 0.3) is 11.0 Å². The number of amides is 1. The largest absolute Gasteiger partial charge is 0.449 e. The molecule has 1 heterocycles. The van der Waals surface area contributed by atoms with Crippen molar-refractivity contribution in [3.8, 4) is 0 Å². The van der Waals surface area contributed by atoms with Crippen molar-refractivity contribution in [3.05, 3.63) is 64.9 Å². The SMILES string of the molecule is O=C(Cn1c(C(F)(F)F)nc2ccccc21)NCc1cccc(Cl)c1. The van der Waals surface area contributed by atoms with Gasteiger partial charge in [-0.2, -0.15) is 13.2 Å². The lowest BCUT2D eigenvalue weighted by Crippen LogP contribution is -2.29. The molecule has 4 nitrogen and oxygen atoms in total. The Morgan fingerprint density at radius 2 is 1.92 bits per heavy atom. The summed E-state index contributed by atoms with van der Waals surface area (Å²) in [7, 11) is 0. The van der Waals surface area contributed by atoms with Crippen LogP contribution in [0, 0.1) is 0 Å². The van der Waals surface area contributed by atoms with E-state index >= 15 is 0 Å². The molecule has 25 heavy (non-hydrogen) atoms. The molecule has 0 saturated heterocycles. The van der Waals surface area contributed by atoms with Gasteiger partial charge in [0.05, 0.1) is 11.0 Å². The number of alkyl halides is 3. The molecule has 0 aliphatic rings. The summed E-state index contributed by atoms with van der Waals surface area (Å²) in [5.74, 6) is -1.64. The number of fused-ring (bicyclic) bond motifs is 1. The minimum absolute atomic E-state index is 0.174. The Bertz CT molecular complexity index is 921. The molecule has 3 aromatic rings. The second-order valence-electron chi connectivity index (χ2n) is 5.41. The van der Waals surface area contributed by atoms with Crippen LogP contribution in [0.2, 0.25) is 5.02 Å². The number of hydrogen-bond donors (Lipinski definition) is 1. The third-order valence-corrected chi connectivity index (χ3v) is 3.82. The Kier molecular flexibility index (Phi) is 4.67. The minimum Gasteiger partial charge on any atom is -0.350 e. The molecular formula is C17H13ClF3N3O. The zero-order chi connectivity index (χ0) is 18.0. The van der Waals surface area contributed by atoms with Crippen LogP contribution in [0.5, 0.6) is 0 Å². The molecule has 0 radical (unpaired) electrons. The Morgan fingerprint density at radius 1 is 1.16 bits per heavy atom. The first-order valence-corrected chi connectivity index (χ1v) is 7.76. The lowest BCUT2D eigenvalue weighted by molar-refractivity contribution is -0.147. The van der Waals surface area contributed by atoms with Crippen LogP contribution in [-0.2, 0) is 24.1 Å². The van der Waals surface area contributed by atoms with Gasteiger partial charge >= 0.3 is 6.18 Å². The van der Waals surface area contributed by atoms with Crippen LogP contribution < -0.4 is 5.32 Å². The number of para-hydroxylation sites is 2. The molecule has 3 rings (SSSR count). The number of carbonyl (C=O) groups excluding carboxylic acids is 1. The number of aromatic nitrogens is 2. The number of imidazole rings is 1. The molecule has 1 N–H and O–H groups in total. The van der Waals surface area contributed by atoms with Gasteiger partial charge in [0.2, 0.25) is 11.7 Å². The number of nitrogens with zero attached hydrogens (tertiary/aromatic N) is 2. The zero-order valence-electron chi connectivity index (χ0n) is 12.8. The van der Waals surface area contributed by atoms with Gasteiger partial charge in [-0.05, 0) is 29.8 Å². The van der Waals surface area contributed by atoms with Gasteiger partial charge in [0.1, 0.15) is 6.54 Å². The quantitative estimate of drug-likeness (QED) is 0.757. The molecule has 0 saturated carbocycles. The first-order valence-electron chi connectivity index (χ1n) is 7.38. The summed E-state index contributed by atoms with van der Waals surface area (Å²) in [5, 5.41) is 3.11. The third kappa shape index (κ3) is 3.93. The van der Waals surface area contributed by atoms with Gasteiger partial charge in [-0.3, -0.25) is 4.79 Å². The molecule has 0 unspecified atom stereocenters. The Labute approximate surface area is 146 Å². The molecule has 0 bridgehead atoms. The summed E-state index contributed by atoms with van der Waals surface area (Å²) in [5.41, 5.74) is 1.21. The number of nitrogens with one attached hydrogen (secondary N) is 1. The van der Waals surface area contributed by atoms with Crippen molar-refractivity contribution in [2.45, 2.75) is 19.3 Å². The minimum atomic E-state index is -4.65. The molecule has 8 heteroatoms. The van der Waals surface area contributed by atoms with E-state index in [1.54, 1.807) is 36.4 Å². The molecular weight excluding hydrogens is 355 g/mol. The van der Waals surface area contributed by atoms with Gasteiger partial charge in [0.25, 0.3) is 0 Å². The molecule has 130 valence electrons. The molecule has 1 amide bonds. The number of rotatable bonds is 4. The van der Waals surface area contributed by atoms with Crippen LogP contribution >= 0.6 is 11.6 Å². The predicted molar refractivity (Wildman–Crippen MR) is 88.0 cm³/mol. The second-order valence-corrected chi connectivity index (χ2v) is 5.85. The molecule has 0 aliphatic heterocycles. The number of hydrogen-bond acceptors (Lipinski definition) is 2. The standard InChI is InChI=1S/C17H13ClF3N3O/c18-12-5-3-4-11(8-12)9-22-15(25)10-24-14-7-2-1-6-13(14)23-16(24)17(19,20)21/h1-8H,9-10H2,(H,22,25). The van der Waals surface area contributed by atoms with Crippen molar-refractivity contribution in [2.75, 3.05) is 0 Å². The van der Waals surface area contributed by atoms with E-state index in [2.05, 4.69) is 10.3 Å². The van der Waals surface area contributed by atoms with E-state index in [-0.39, 0.29) is 17.6 Å². The van der Waals surface area contributed by atoms with Gasteiger partial charge in [0.15, 0.2) is 0 Å². The fourth-order valence-electron chi connectivity index (χ4n) is 2.50. The van der Waals surface area contributed by atoms with Crippen molar-refractivity contribution in [3.63, 3.8) is 0 Å². The Hall–Kier alpha value is -2.54. The first-order chi connectivity index (χ1) is 11.8. The third-order valence-electron chi connectivity index (χ3n) is 3.59. The predicted octanol–water partition coefficient (Wildman–Crippen LogP) is 4.02. The zero-order valence-corrected chi connectivity index (χ0v) is 13.6. The van der Waals surface area contributed by atoms with Gasteiger partial charge in [-0.1, -0.05) is 35.9 Å².